The minimum atomic E-state index is -0.838. The number of likely N-dealkylation sites (N-methyl/N-ethyl adjacent to an activating group) is 1. The molecule has 1 unspecified atom stereocenters. The fraction of sp³-hybridized carbons (Fsp3) is 0.333. The number of phenolic OH excluding ortho intramolecular Hbond substituents is 1. The number of nitrogens with one attached hydrogen (secondary N) is 1. The second kappa shape index (κ2) is 8.30. The van der Waals surface area contributed by atoms with E-state index in [1.165, 1.54) is 17.0 Å². The fourth-order valence-corrected chi connectivity index (χ4v) is 4.59. The number of allylic oxidation sites excluding steroid dienone is 2. The molecule has 1 atom stereocenters. The van der Waals surface area contributed by atoms with Crippen LogP contribution in [0.1, 0.15) is 41.5 Å². The zero-order chi connectivity index (χ0) is 25.9. The number of nitrogens with zero attached hydrogens (tertiary/aromatic N) is 2. The lowest BCUT2D eigenvalue weighted by molar-refractivity contribution is -0.360. The predicted molar refractivity (Wildman–Crippen MR) is 133 cm³/mol. The molecule has 1 aliphatic carbocycles. The van der Waals surface area contributed by atoms with Gasteiger partial charge in [-0.05, 0) is 59.1 Å². The molecule has 0 bridgehead atoms. The zero-order valence-corrected chi connectivity index (χ0v) is 20.8. The number of phenols is 1. The Balaban J connectivity index is 1.68. The summed E-state index contributed by atoms with van der Waals surface area (Å²) in [6.45, 7) is 6.04. The van der Waals surface area contributed by atoms with Crippen molar-refractivity contribution in [2.24, 2.45) is 0 Å². The third-order valence-corrected chi connectivity index (χ3v) is 6.19. The lowest BCUT2D eigenvalue weighted by Crippen LogP contribution is -2.72. The Morgan fingerprint density at radius 2 is 1.89 bits per heavy atom. The molecule has 0 aromatic heterocycles. The van der Waals surface area contributed by atoms with E-state index in [2.05, 4.69) is 4.99 Å². The van der Waals surface area contributed by atoms with Crippen LogP contribution in [0.3, 0.4) is 0 Å². The Bertz CT molecular complexity index is 1430. The first kappa shape index (κ1) is 23.7. The van der Waals surface area contributed by atoms with Crippen molar-refractivity contribution in [3.63, 3.8) is 0 Å². The Morgan fingerprint density at radius 3 is 2.58 bits per heavy atom. The molecular formula is C27H28N3O6+. The number of amides is 2. The van der Waals surface area contributed by atoms with E-state index in [0.29, 0.717) is 28.7 Å². The van der Waals surface area contributed by atoms with Crippen LogP contribution in [0.15, 0.2) is 42.0 Å². The molecule has 0 saturated heterocycles. The summed E-state index contributed by atoms with van der Waals surface area (Å²) in [7, 11) is 3.72. The number of hydrogen-bond acceptors (Lipinski definition) is 7. The molecule has 0 radical (unpaired) electrons. The standard InChI is InChI=1S/C27H27N3O6/c1-27(2,3)36-26(34)16-7-6-8-18-22(16)35-23-20-19(24(32)30(25(20)33)12-11-29(4)5)17-13-14(31)9-10-15(17)21(23)28-18/h6-10,13,22,31H,11-12H2,1-5H3/p+1. The van der Waals surface area contributed by atoms with Crippen LogP contribution < -0.4 is 9.73 Å². The second-order valence-corrected chi connectivity index (χ2v) is 10.3. The molecule has 2 amide bonds. The third-order valence-electron chi connectivity index (χ3n) is 6.19. The van der Waals surface area contributed by atoms with Gasteiger partial charge in [-0.15, -0.1) is 0 Å². The van der Waals surface area contributed by atoms with Gasteiger partial charge in [-0.25, -0.2) is 9.79 Å². The van der Waals surface area contributed by atoms with Crippen molar-refractivity contribution in [3.8, 4) is 11.5 Å². The van der Waals surface area contributed by atoms with Crippen LogP contribution in [-0.2, 0) is 9.53 Å². The van der Waals surface area contributed by atoms with Crippen molar-refractivity contribution < 1.29 is 34.0 Å². The normalized spacial score (nSPS) is 18.5. The van der Waals surface area contributed by atoms with Crippen molar-refractivity contribution in [1.82, 2.24) is 9.80 Å². The highest BCUT2D eigenvalue weighted by Gasteiger charge is 2.47. The number of imide groups is 1. The van der Waals surface area contributed by atoms with E-state index in [4.69, 9.17) is 9.47 Å². The van der Waals surface area contributed by atoms with E-state index in [0.717, 1.165) is 0 Å². The number of benzene rings is 2. The Kier molecular flexibility index (Phi) is 5.48. The maximum atomic E-state index is 13.6. The number of carbonyl (C=O) groups is 3. The number of fused-ring (bicyclic) bond motifs is 7. The lowest BCUT2D eigenvalue weighted by Gasteiger charge is -2.27. The lowest BCUT2D eigenvalue weighted by atomic mass is 9.93. The molecule has 36 heavy (non-hydrogen) atoms. The minimum absolute atomic E-state index is 0.0217. The number of hydrogen-bond donors (Lipinski definition) is 2. The van der Waals surface area contributed by atoms with Gasteiger partial charge in [-0.1, -0.05) is 6.08 Å². The SMILES string of the molecule is CN(C)CCN1C(=O)c2c3c(c4ccc(O)cc4c2C1=O)[NH+]=C1C=CC=C(C(=O)OC(C)(C)C)C1O3. The summed E-state index contributed by atoms with van der Waals surface area (Å²) in [4.78, 5) is 46.4. The molecular weight excluding hydrogens is 462 g/mol. The maximum absolute atomic E-state index is 13.6. The van der Waals surface area contributed by atoms with Crippen molar-refractivity contribution in [3.05, 3.63) is 53.1 Å². The topological polar surface area (TPSA) is 110 Å². The summed E-state index contributed by atoms with van der Waals surface area (Å²) in [6, 6.07) is 4.68. The van der Waals surface area contributed by atoms with Gasteiger partial charge < -0.3 is 19.5 Å². The predicted octanol–water partition coefficient (Wildman–Crippen LogP) is 1.45. The summed E-state index contributed by atoms with van der Waals surface area (Å²) in [6.07, 6.45) is 4.31. The van der Waals surface area contributed by atoms with Crippen molar-refractivity contribution in [2.45, 2.75) is 32.5 Å². The number of aromatic hydroxyl groups is 1. The molecule has 5 rings (SSSR count). The number of esters is 1. The van der Waals surface area contributed by atoms with Crippen molar-refractivity contribution in [2.75, 3.05) is 27.2 Å². The van der Waals surface area contributed by atoms with Gasteiger partial charge in [0.25, 0.3) is 17.5 Å². The molecule has 2 heterocycles. The monoisotopic (exact) mass is 490 g/mol. The highest BCUT2D eigenvalue weighted by Crippen LogP contribution is 2.44. The van der Waals surface area contributed by atoms with E-state index in [1.807, 2.05) is 19.0 Å². The molecule has 186 valence electrons. The van der Waals surface area contributed by atoms with E-state index < -0.39 is 29.5 Å². The Morgan fingerprint density at radius 1 is 1.17 bits per heavy atom. The molecule has 0 fully saturated rings. The summed E-state index contributed by atoms with van der Waals surface area (Å²) >= 11 is 0. The summed E-state index contributed by atoms with van der Waals surface area (Å²) in [5, 5.41) is 11.3. The molecule has 0 saturated carbocycles. The van der Waals surface area contributed by atoms with Gasteiger partial charge in [-0.2, -0.15) is 0 Å². The molecule has 2 N–H and O–H groups in total. The van der Waals surface area contributed by atoms with Crippen LogP contribution in [-0.4, -0.2) is 77.3 Å². The van der Waals surface area contributed by atoms with Crippen LogP contribution in [0.25, 0.3) is 10.8 Å². The fourth-order valence-electron chi connectivity index (χ4n) is 4.59. The van der Waals surface area contributed by atoms with Crippen molar-refractivity contribution >= 4 is 40.0 Å². The number of rotatable bonds is 4. The van der Waals surface area contributed by atoms with E-state index in [1.54, 1.807) is 45.1 Å². The highest BCUT2D eigenvalue weighted by atomic mass is 16.6. The quantitative estimate of drug-likeness (QED) is 0.493. The maximum Gasteiger partial charge on any atom is 0.338 e. The van der Waals surface area contributed by atoms with Crippen LogP contribution in [0, 0.1) is 0 Å². The van der Waals surface area contributed by atoms with Crippen LogP contribution in [0.5, 0.6) is 11.5 Å². The average Bonchev–Trinajstić information content (AvgIpc) is 3.05. The number of carbonyl (C=O) groups excluding carboxylic acids is 3. The average molecular weight is 491 g/mol. The number of ether oxygens (including phenoxy) is 2. The molecule has 2 aromatic rings. The van der Waals surface area contributed by atoms with Crippen LogP contribution in [0.2, 0.25) is 0 Å². The van der Waals surface area contributed by atoms with Gasteiger partial charge in [-0.3, -0.25) is 14.5 Å². The molecule has 9 heteroatoms. The highest BCUT2D eigenvalue weighted by molar-refractivity contribution is 6.29. The minimum Gasteiger partial charge on any atom is -0.508 e. The second-order valence-electron chi connectivity index (χ2n) is 10.3. The largest absolute Gasteiger partial charge is 0.508 e. The van der Waals surface area contributed by atoms with Gasteiger partial charge in [0.1, 0.15) is 16.9 Å². The summed E-state index contributed by atoms with van der Waals surface area (Å²) < 4.78 is 11.9. The van der Waals surface area contributed by atoms with E-state index in [-0.39, 0.29) is 34.7 Å². The van der Waals surface area contributed by atoms with E-state index in [9.17, 15) is 19.5 Å². The van der Waals surface area contributed by atoms with Gasteiger partial charge in [0.2, 0.25) is 17.6 Å². The van der Waals surface area contributed by atoms with Crippen LogP contribution >= 0.6 is 0 Å². The molecule has 2 aromatic carbocycles. The Hall–Kier alpha value is -3.98. The summed E-state index contributed by atoms with van der Waals surface area (Å²) in [5.41, 5.74) is 0.983. The molecule has 3 aliphatic rings. The third kappa shape index (κ3) is 3.85. The van der Waals surface area contributed by atoms with Gasteiger partial charge in [0.15, 0.2) is 0 Å². The first-order valence-electron chi connectivity index (χ1n) is 11.7. The van der Waals surface area contributed by atoms with Crippen molar-refractivity contribution in [1.29, 1.82) is 0 Å². The molecule has 0 spiro atoms. The zero-order valence-electron chi connectivity index (χ0n) is 20.8. The summed E-state index contributed by atoms with van der Waals surface area (Å²) in [5.74, 6) is -1.27. The smallest absolute Gasteiger partial charge is 0.338 e. The Labute approximate surface area is 208 Å². The molecule has 2 aliphatic heterocycles. The first-order valence-corrected chi connectivity index (χ1v) is 11.7. The van der Waals surface area contributed by atoms with Gasteiger partial charge in [0, 0.05) is 24.6 Å². The van der Waals surface area contributed by atoms with E-state index >= 15 is 0 Å². The van der Waals surface area contributed by atoms with Crippen LogP contribution in [0.4, 0.5) is 5.69 Å². The van der Waals surface area contributed by atoms with Gasteiger partial charge in [0.05, 0.1) is 16.5 Å². The van der Waals surface area contributed by atoms with Gasteiger partial charge >= 0.3 is 5.97 Å². The first-order chi connectivity index (χ1) is 17.0. The molecule has 9 nitrogen and oxygen atoms in total.